The number of nitrogens with two attached hydrogens (primary N) is 1. The molecule has 0 aromatic carbocycles. The quantitative estimate of drug-likeness (QED) is 0.850. The highest BCUT2D eigenvalue weighted by molar-refractivity contribution is 5.92. The first-order chi connectivity index (χ1) is 9.67. The van der Waals surface area contributed by atoms with Gasteiger partial charge < -0.3 is 10.6 Å². The lowest BCUT2D eigenvalue weighted by molar-refractivity contribution is 0.0553. The molecule has 1 aromatic rings. The van der Waals surface area contributed by atoms with Crippen LogP contribution in [0.15, 0.2) is 16.9 Å². The summed E-state index contributed by atoms with van der Waals surface area (Å²) in [7, 11) is 0. The fourth-order valence-corrected chi connectivity index (χ4v) is 3.01. The molecule has 0 radical (unpaired) electrons. The molecule has 6 heteroatoms. The molecule has 0 spiro atoms. The van der Waals surface area contributed by atoms with Crippen LogP contribution in [-0.4, -0.2) is 40.1 Å². The van der Waals surface area contributed by atoms with Crippen LogP contribution < -0.4 is 11.3 Å². The van der Waals surface area contributed by atoms with Gasteiger partial charge in [0.15, 0.2) is 0 Å². The molecule has 0 aliphatic heterocycles. The standard InChI is InChI=1S/C14H22N4O2/c1-2-18(12-6-4-3-5-10(12)9-15)14(20)11-7-8-13(19)17-16-11/h7-8,10,12H,2-6,9,15H2,1H3,(H,17,19). The third-order valence-corrected chi connectivity index (χ3v) is 4.07. The molecule has 2 atom stereocenters. The highest BCUT2D eigenvalue weighted by Gasteiger charge is 2.32. The van der Waals surface area contributed by atoms with Crippen molar-refractivity contribution in [1.82, 2.24) is 15.1 Å². The van der Waals surface area contributed by atoms with Crippen LogP contribution in [-0.2, 0) is 0 Å². The lowest BCUT2D eigenvalue weighted by Crippen LogP contribution is -2.48. The summed E-state index contributed by atoms with van der Waals surface area (Å²) in [6.45, 7) is 3.19. The van der Waals surface area contributed by atoms with Gasteiger partial charge in [-0.2, -0.15) is 5.10 Å². The molecule has 2 rings (SSSR count). The molecule has 1 aliphatic rings. The van der Waals surface area contributed by atoms with Gasteiger partial charge in [-0.3, -0.25) is 9.59 Å². The van der Waals surface area contributed by atoms with Gasteiger partial charge in [0.25, 0.3) is 11.5 Å². The minimum absolute atomic E-state index is 0.130. The van der Waals surface area contributed by atoms with E-state index in [9.17, 15) is 9.59 Å². The predicted molar refractivity (Wildman–Crippen MR) is 76.4 cm³/mol. The van der Waals surface area contributed by atoms with E-state index in [-0.39, 0.29) is 23.2 Å². The average molecular weight is 278 g/mol. The number of nitrogens with one attached hydrogen (secondary N) is 1. The molecular weight excluding hydrogens is 256 g/mol. The van der Waals surface area contributed by atoms with E-state index < -0.39 is 0 Å². The van der Waals surface area contributed by atoms with Gasteiger partial charge in [-0.15, -0.1) is 0 Å². The number of aromatic nitrogens is 2. The van der Waals surface area contributed by atoms with Crippen molar-refractivity contribution in [2.75, 3.05) is 13.1 Å². The van der Waals surface area contributed by atoms with Crippen molar-refractivity contribution in [1.29, 1.82) is 0 Å². The van der Waals surface area contributed by atoms with Crippen molar-refractivity contribution < 1.29 is 4.79 Å². The van der Waals surface area contributed by atoms with Crippen molar-refractivity contribution in [3.63, 3.8) is 0 Å². The molecule has 1 heterocycles. The SMILES string of the molecule is CCN(C(=O)c1ccc(=O)[nH]n1)C1CCCCC1CN. The third kappa shape index (κ3) is 3.07. The fraction of sp³-hybridized carbons (Fsp3) is 0.643. The van der Waals surface area contributed by atoms with Crippen LogP contribution in [0.4, 0.5) is 0 Å². The number of rotatable bonds is 4. The van der Waals surface area contributed by atoms with Gasteiger partial charge in [-0.05, 0) is 38.3 Å². The second-order valence-electron chi connectivity index (χ2n) is 5.25. The van der Waals surface area contributed by atoms with Crippen LogP contribution in [0.25, 0.3) is 0 Å². The summed E-state index contributed by atoms with van der Waals surface area (Å²) in [5.41, 5.74) is 5.83. The Morgan fingerprint density at radius 1 is 1.45 bits per heavy atom. The minimum atomic E-state index is -0.304. The summed E-state index contributed by atoms with van der Waals surface area (Å²) in [6, 6.07) is 2.99. The third-order valence-electron chi connectivity index (χ3n) is 4.07. The summed E-state index contributed by atoms with van der Waals surface area (Å²) in [5, 5.41) is 6.14. The molecule has 1 aromatic heterocycles. The average Bonchev–Trinajstić information content (AvgIpc) is 2.49. The Morgan fingerprint density at radius 3 is 2.80 bits per heavy atom. The van der Waals surface area contributed by atoms with Crippen molar-refractivity contribution in [2.45, 2.75) is 38.6 Å². The Bertz CT molecular complexity index is 494. The number of hydrogen-bond acceptors (Lipinski definition) is 4. The van der Waals surface area contributed by atoms with Crippen LogP contribution in [0.3, 0.4) is 0 Å². The normalized spacial score (nSPS) is 22.5. The summed E-state index contributed by atoms with van der Waals surface area (Å²) in [6.07, 6.45) is 4.37. The number of H-pyrrole nitrogens is 1. The fourth-order valence-electron chi connectivity index (χ4n) is 3.01. The highest BCUT2D eigenvalue weighted by Crippen LogP contribution is 2.28. The van der Waals surface area contributed by atoms with Crippen molar-refractivity contribution in [3.8, 4) is 0 Å². The molecule has 2 unspecified atom stereocenters. The van der Waals surface area contributed by atoms with Crippen LogP contribution in [0.1, 0.15) is 43.1 Å². The molecule has 0 saturated heterocycles. The lowest BCUT2D eigenvalue weighted by Gasteiger charge is -2.39. The molecule has 0 bridgehead atoms. The van der Waals surface area contributed by atoms with E-state index in [2.05, 4.69) is 10.2 Å². The zero-order valence-electron chi connectivity index (χ0n) is 11.8. The van der Waals surface area contributed by atoms with Gasteiger partial charge in [-0.25, -0.2) is 5.10 Å². The summed E-state index contributed by atoms with van der Waals surface area (Å²) in [4.78, 5) is 25.4. The minimum Gasteiger partial charge on any atom is -0.334 e. The summed E-state index contributed by atoms with van der Waals surface area (Å²) >= 11 is 0. The smallest absolute Gasteiger partial charge is 0.274 e. The predicted octanol–water partition coefficient (Wildman–Crippen LogP) is 0.749. The van der Waals surface area contributed by atoms with E-state index in [1.165, 1.54) is 18.6 Å². The van der Waals surface area contributed by atoms with Crippen molar-refractivity contribution in [3.05, 3.63) is 28.2 Å². The van der Waals surface area contributed by atoms with Gasteiger partial charge in [0.1, 0.15) is 5.69 Å². The summed E-state index contributed by atoms with van der Waals surface area (Å²) < 4.78 is 0. The number of hydrogen-bond donors (Lipinski definition) is 2. The van der Waals surface area contributed by atoms with Crippen molar-refractivity contribution in [2.24, 2.45) is 11.7 Å². The monoisotopic (exact) mass is 278 g/mol. The Kier molecular flexibility index (Phi) is 4.89. The van der Waals surface area contributed by atoms with Gasteiger partial charge in [0, 0.05) is 18.7 Å². The van der Waals surface area contributed by atoms with Gasteiger partial charge in [0.05, 0.1) is 0 Å². The number of aromatic amines is 1. The first kappa shape index (κ1) is 14.7. The Morgan fingerprint density at radius 2 is 2.20 bits per heavy atom. The van der Waals surface area contributed by atoms with Gasteiger partial charge in [0.2, 0.25) is 0 Å². The maximum absolute atomic E-state index is 12.5. The number of carbonyl (C=O) groups excluding carboxylic acids is 1. The maximum Gasteiger partial charge on any atom is 0.274 e. The van der Waals surface area contributed by atoms with E-state index in [4.69, 9.17) is 5.73 Å². The van der Waals surface area contributed by atoms with E-state index in [1.807, 2.05) is 11.8 Å². The topological polar surface area (TPSA) is 92.1 Å². The molecular formula is C14H22N4O2. The van der Waals surface area contributed by atoms with Gasteiger partial charge in [-0.1, -0.05) is 12.8 Å². The number of amides is 1. The first-order valence-corrected chi connectivity index (χ1v) is 7.24. The van der Waals surface area contributed by atoms with Crippen LogP contribution in [0, 0.1) is 5.92 Å². The lowest BCUT2D eigenvalue weighted by atomic mass is 9.83. The first-order valence-electron chi connectivity index (χ1n) is 7.24. The van der Waals surface area contributed by atoms with Crippen molar-refractivity contribution >= 4 is 5.91 Å². The Balaban J connectivity index is 2.19. The van der Waals surface area contributed by atoms with E-state index in [0.717, 1.165) is 19.3 Å². The molecule has 1 fully saturated rings. The number of carbonyl (C=O) groups is 1. The zero-order chi connectivity index (χ0) is 14.5. The van der Waals surface area contributed by atoms with Crippen LogP contribution >= 0.6 is 0 Å². The number of nitrogens with zero attached hydrogens (tertiary/aromatic N) is 2. The Labute approximate surface area is 118 Å². The molecule has 110 valence electrons. The zero-order valence-corrected chi connectivity index (χ0v) is 11.8. The Hall–Kier alpha value is -1.69. The maximum atomic E-state index is 12.5. The summed E-state index contributed by atoms with van der Waals surface area (Å²) in [5.74, 6) is 0.226. The highest BCUT2D eigenvalue weighted by atomic mass is 16.2. The largest absolute Gasteiger partial charge is 0.334 e. The van der Waals surface area contributed by atoms with E-state index in [0.29, 0.717) is 19.0 Å². The molecule has 3 N–H and O–H groups in total. The van der Waals surface area contributed by atoms with Gasteiger partial charge >= 0.3 is 0 Å². The van der Waals surface area contributed by atoms with Crippen LogP contribution in [0.2, 0.25) is 0 Å². The molecule has 1 aliphatic carbocycles. The second kappa shape index (κ2) is 6.65. The van der Waals surface area contributed by atoms with Crippen LogP contribution in [0.5, 0.6) is 0 Å². The second-order valence-corrected chi connectivity index (χ2v) is 5.25. The molecule has 6 nitrogen and oxygen atoms in total. The molecule has 1 amide bonds. The van der Waals surface area contributed by atoms with E-state index >= 15 is 0 Å². The molecule has 20 heavy (non-hydrogen) atoms. The molecule has 1 saturated carbocycles. The van der Waals surface area contributed by atoms with E-state index in [1.54, 1.807) is 0 Å².